The average molecular weight is 378 g/mol. The number of halogens is 1. The van der Waals surface area contributed by atoms with E-state index in [4.69, 9.17) is 0 Å². The minimum Gasteiger partial charge on any atom is -0.354 e. The third kappa shape index (κ3) is 5.63. The number of amides is 2. The van der Waals surface area contributed by atoms with Gasteiger partial charge in [-0.1, -0.05) is 18.2 Å². The van der Waals surface area contributed by atoms with Gasteiger partial charge in [0, 0.05) is 18.3 Å². The van der Waals surface area contributed by atoms with Gasteiger partial charge in [-0.15, -0.1) is 0 Å². The lowest BCUT2D eigenvalue weighted by Gasteiger charge is -2.10. The fourth-order valence-corrected chi connectivity index (χ4v) is 2.56. The van der Waals surface area contributed by atoms with E-state index in [2.05, 4.69) is 20.9 Å². The molecular weight excluding hydrogens is 359 g/mol. The molecule has 0 aliphatic rings. The van der Waals surface area contributed by atoms with Gasteiger partial charge in [-0.05, 0) is 48.0 Å². The molecule has 2 aromatic carbocycles. The van der Waals surface area contributed by atoms with Crippen LogP contribution in [0.15, 0.2) is 66.9 Å². The quantitative estimate of drug-likeness (QED) is 0.603. The SMILES string of the molecule is CC(=O)Nc1cccc(Nc2ccc(NC(=O)Cc3ccc(F)cc3)nc2)c1. The van der Waals surface area contributed by atoms with Gasteiger partial charge < -0.3 is 16.0 Å². The molecule has 0 unspecified atom stereocenters. The van der Waals surface area contributed by atoms with Crippen LogP contribution in [0.25, 0.3) is 0 Å². The van der Waals surface area contributed by atoms with Gasteiger partial charge in [0.15, 0.2) is 0 Å². The zero-order valence-electron chi connectivity index (χ0n) is 15.2. The maximum atomic E-state index is 12.9. The van der Waals surface area contributed by atoms with Crippen molar-refractivity contribution < 1.29 is 14.0 Å². The predicted molar refractivity (Wildman–Crippen MR) is 107 cm³/mol. The van der Waals surface area contributed by atoms with Crippen molar-refractivity contribution in [2.24, 2.45) is 0 Å². The topological polar surface area (TPSA) is 83.1 Å². The molecule has 1 aromatic heterocycles. The van der Waals surface area contributed by atoms with Gasteiger partial charge in [0.25, 0.3) is 0 Å². The molecule has 6 nitrogen and oxygen atoms in total. The van der Waals surface area contributed by atoms with E-state index < -0.39 is 0 Å². The van der Waals surface area contributed by atoms with Crippen molar-refractivity contribution in [2.75, 3.05) is 16.0 Å². The van der Waals surface area contributed by atoms with E-state index in [-0.39, 0.29) is 24.1 Å². The molecule has 3 aromatic rings. The molecule has 0 fully saturated rings. The Hall–Kier alpha value is -3.74. The number of aromatic nitrogens is 1. The Kier molecular flexibility index (Phi) is 5.96. The van der Waals surface area contributed by atoms with E-state index in [0.29, 0.717) is 11.5 Å². The van der Waals surface area contributed by atoms with Gasteiger partial charge >= 0.3 is 0 Å². The van der Waals surface area contributed by atoms with Gasteiger partial charge in [-0.3, -0.25) is 9.59 Å². The summed E-state index contributed by atoms with van der Waals surface area (Å²) in [6.45, 7) is 1.45. The standard InChI is InChI=1S/C21H19FN4O2/c1-14(27)24-17-3-2-4-18(12-17)25-19-9-10-20(23-13-19)26-21(28)11-15-5-7-16(22)8-6-15/h2-10,12-13,25H,11H2,1H3,(H,24,27)(H,23,26,28). The highest BCUT2D eigenvalue weighted by Crippen LogP contribution is 2.20. The van der Waals surface area contributed by atoms with Crippen LogP contribution in [0, 0.1) is 5.82 Å². The first-order valence-electron chi connectivity index (χ1n) is 8.63. The molecule has 142 valence electrons. The Bertz CT molecular complexity index is 972. The highest BCUT2D eigenvalue weighted by atomic mass is 19.1. The van der Waals surface area contributed by atoms with Gasteiger partial charge in [-0.2, -0.15) is 0 Å². The van der Waals surface area contributed by atoms with E-state index in [1.807, 2.05) is 12.1 Å². The molecular formula is C21H19FN4O2. The van der Waals surface area contributed by atoms with Gasteiger partial charge in [0.1, 0.15) is 11.6 Å². The van der Waals surface area contributed by atoms with Crippen LogP contribution in [0.5, 0.6) is 0 Å². The van der Waals surface area contributed by atoms with Crippen LogP contribution < -0.4 is 16.0 Å². The number of pyridine rings is 1. The zero-order chi connectivity index (χ0) is 19.9. The minimum absolute atomic E-state index is 0.137. The van der Waals surface area contributed by atoms with E-state index >= 15 is 0 Å². The second-order valence-corrected chi connectivity index (χ2v) is 6.17. The zero-order valence-corrected chi connectivity index (χ0v) is 15.2. The van der Waals surface area contributed by atoms with E-state index in [1.54, 1.807) is 42.6 Å². The van der Waals surface area contributed by atoms with Gasteiger partial charge in [-0.25, -0.2) is 9.37 Å². The van der Waals surface area contributed by atoms with Crippen molar-refractivity contribution in [1.29, 1.82) is 0 Å². The van der Waals surface area contributed by atoms with E-state index in [1.165, 1.54) is 19.1 Å². The van der Waals surface area contributed by atoms with Crippen LogP contribution in [-0.4, -0.2) is 16.8 Å². The molecule has 0 bridgehead atoms. The first-order valence-corrected chi connectivity index (χ1v) is 8.63. The van der Waals surface area contributed by atoms with Crippen molar-refractivity contribution in [3.8, 4) is 0 Å². The summed E-state index contributed by atoms with van der Waals surface area (Å²) in [5, 5.41) is 8.61. The lowest BCUT2D eigenvalue weighted by atomic mass is 10.1. The first kappa shape index (κ1) is 19.0. The number of hydrogen-bond donors (Lipinski definition) is 3. The summed E-state index contributed by atoms with van der Waals surface area (Å²) >= 11 is 0. The maximum Gasteiger partial charge on any atom is 0.229 e. The fourth-order valence-electron chi connectivity index (χ4n) is 2.56. The molecule has 0 atom stereocenters. The van der Waals surface area contributed by atoms with Crippen molar-refractivity contribution in [3.63, 3.8) is 0 Å². The largest absolute Gasteiger partial charge is 0.354 e. The van der Waals surface area contributed by atoms with Gasteiger partial charge in [0.2, 0.25) is 11.8 Å². The summed E-state index contributed by atoms with van der Waals surface area (Å²) < 4.78 is 12.9. The summed E-state index contributed by atoms with van der Waals surface area (Å²) in [6.07, 6.45) is 1.73. The summed E-state index contributed by atoms with van der Waals surface area (Å²) in [5.41, 5.74) is 2.93. The highest BCUT2D eigenvalue weighted by molar-refractivity contribution is 5.91. The molecule has 0 saturated heterocycles. The summed E-state index contributed by atoms with van der Waals surface area (Å²) in [5.74, 6) is -0.288. The lowest BCUT2D eigenvalue weighted by molar-refractivity contribution is -0.116. The molecule has 0 radical (unpaired) electrons. The first-order chi connectivity index (χ1) is 13.5. The number of nitrogens with zero attached hydrogens (tertiary/aromatic N) is 1. The maximum absolute atomic E-state index is 12.9. The van der Waals surface area contributed by atoms with Crippen LogP contribution in [0.4, 0.5) is 27.3 Å². The number of nitrogens with one attached hydrogen (secondary N) is 3. The molecule has 2 amide bonds. The van der Waals surface area contributed by atoms with Gasteiger partial charge in [0.05, 0.1) is 18.3 Å². The number of carbonyl (C=O) groups excluding carboxylic acids is 2. The summed E-state index contributed by atoms with van der Waals surface area (Å²) in [7, 11) is 0. The van der Waals surface area contributed by atoms with Crippen molar-refractivity contribution in [2.45, 2.75) is 13.3 Å². The van der Waals surface area contributed by atoms with Crippen molar-refractivity contribution in [1.82, 2.24) is 4.98 Å². The molecule has 1 heterocycles. The summed E-state index contributed by atoms with van der Waals surface area (Å²) in [6, 6.07) is 16.5. The smallest absolute Gasteiger partial charge is 0.229 e. The third-order valence-corrected chi connectivity index (χ3v) is 3.78. The third-order valence-electron chi connectivity index (χ3n) is 3.78. The Morgan fingerprint density at radius 1 is 0.929 bits per heavy atom. The van der Waals surface area contributed by atoms with Crippen LogP contribution >= 0.6 is 0 Å². The normalized spacial score (nSPS) is 10.2. The average Bonchev–Trinajstić information content (AvgIpc) is 2.65. The molecule has 3 rings (SSSR count). The predicted octanol–water partition coefficient (Wildman–Crippen LogP) is 4.10. The van der Waals surface area contributed by atoms with E-state index in [9.17, 15) is 14.0 Å². The highest BCUT2D eigenvalue weighted by Gasteiger charge is 2.06. The van der Waals surface area contributed by atoms with Crippen LogP contribution in [-0.2, 0) is 16.0 Å². The molecule has 0 saturated carbocycles. The van der Waals surface area contributed by atoms with Crippen molar-refractivity contribution >= 4 is 34.7 Å². The Morgan fingerprint density at radius 2 is 1.68 bits per heavy atom. The second kappa shape index (κ2) is 8.77. The number of rotatable bonds is 6. The number of anilines is 4. The van der Waals surface area contributed by atoms with E-state index in [0.717, 1.165) is 16.9 Å². The minimum atomic E-state index is -0.337. The Balaban J connectivity index is 1.58. The molecule has 0 aliphatic heterocycles. The second-order valence-electron chi connectivity index (χ2n) is 6.17. The number of hydrogen-bond acceptors (Lipinski definition) is 4. The molecule has 3 N–H and O–H groups in total. The Morgan fingerprint density at radius 3 is 2.36 bits per heavy atom. The van der Waals surface area contributed by atoms with Crippen molar-refractivity contribution in [3.05, 3.63) is 78.2 Å². The lowest BCUT2D eigenvalue weighted by Crippen LogP contribution is -2.15. The Labute approximate surface area is 161 Å². The molecule has 7 heteroatoms. The molecule has 28 heavy (non-hydrogen) atoms. The monoisotopic (exact) mass is 378 g/mol. The van der Waals surface area contributed by atoms with Crippen LogP contribution in [0.1, 0.15) is 12.5 Å². The van der Waals surface area contributed by atoms with Crippen LogP contribution in [0.3, 0.4) is 0 Å². The number of benzene rings is 2. The molecule has 0 aliphatic carbocycles. The molecule has 0 spiro atoms. The van der Waals surface area contributed by atoms with Crippen LogP contribution in [0.2, 0.25) is 0 Å². The summed E-state index contributed by atoms with van der Waals surface area (Å²) in [4.78, 5) is 27.4. The fraction of sp³-hybridized carbons (Fsp3) is 0.0952. The number of carbonyl (C=O) groups is 2.